The van der Waals surface area contributed by atoms with Crippen LogP contribution in [0.15, 0.2) is 72.8 Å². The second kappa shape index (κ2) is 10.2. The van der Waals surface area contributed by atoms with Crippen molar-refractivity contribution in [3.63, 3.8) is 0 Å². The van der Waals surface area contributed by atoms with Crippen LogP contribution in [-0.4, -0.2) is 45.4 Å². The molecule has 0 unspecified atom stereocenters. The summed E-state index contributed by atoms with van der Waals surface area (Å²) in [7, 11) is 1.61. The molecular weight excluding hydrogens is 502 g/mol. The van der Waals surface area contributed by atoms with E-state index in [0.717, 1.165) is 11.3 Å². The third-order valence-corrected chi connectivity index (χ3v) is 6.58. The molecule has 1 aliphatic rings. The van der Waals surface area contributed by atoms with E-state index in [1.54, 1.807) is 49.6 Å². The molecular formula is C27H23ClF2N4O3. The summed E-state index contributed by atoms with van der Waals surface area (Å²) in [5, 5.41) is 7.08. The van der Waals surface area contributed by atoms with Crippen molar-refractivity contribution in [1.82, 2.24) is 14.8 Å². The molecule has 1 heterocycles. The van der Waals surface area contributed by atoms with Crippen LogP contribution in [0.25, 0.3) is 17.1 Å². The highest BCUT2D eigenvalue weighted by atomic mass is 35.5. The van der Waals surface area contributed by atoms with Gasteiger partial charge in [-0.1, -0.05) is 30.3 Å². The highest BCUT2D eigenvalue weighted by Crippen LogP contribution is 2.46. The SMILES string of the molecule is COc1ccc(CCOc2nc(-c3ccccc3F)n(-c3cccc(NC(=O)[C@@]4(Cl)C[C@H]4F)c3)n2)cc1. The lowest BCUT2D eigenvalue weighted by Crippen LogP contribution is -2.27. The third-order valence-electron chi connectivity index (χ3n) is 6.02. The molecule has 3 aromatic carbocycles. The number of nitrogens with zero attached hydrogens (tertiary/aromatic N) is 3. The lowest BCUT2D eigenvalue weighted by Gasteiger charge is -2.11. The fourth-order valence-corrected chi connectivity index (χ4v) is 3.97. The number of hydrogen-bond acceptors (Lipinski definition) is 5. The number of hydrogen-bond donors (Lipinski definition) is 1. The van der Waals surface area contributed by atoms with Crippen molar-refractivity contribution in [1.29, 1.82) is 0 Å². The summed E-state index contributed by atoms with van der Waals surface area (Å²) in [6, 6.07) is 20.6. The smallest absolute Gasteiger partial charge is 0.336 e. The quantitative estimate of drug-likeness (QED) is 0.298. The minimum atomic E-state index is -1.54. The summed E-state index contributed by atoms with van der Waals surface area (Å²) in [6.07, 6.45) is -0.805. The van der Waals surface area contributed by atoms with Crippen LogP contribution >= 0.6 is 11.6 Å². The fourth-order valence-electron chi connectivity index (χ4n) is 3.79. The number of carbonyl (C=O) groups is 1. The average molecular weight is 525 g/mol. The molecule has 1 amide bonds. The van der Waals surface area contributed by atoms with Crippen LogP contribution in [0.2, 0.25) is 0 Å². The normalized spacial score (nSPS) is 18.3. The van der Waals surface area contributed by atoms with Gasteiger partial charge in [-0.05, 0) is 48.0 Å². The minimum absolute atomic E-state index is 0.0299. The molecule has 10 heteroatoms. The zero-order valence-corrected chi connectivity index (χ0v) is 20.6. The van der Waals surface area contributed by atoms with Gasteiger partial charge in [0.2, 0.25) is 5.91 Å². The molecule has 0 bridgehead atoms. The Morgan fingerprint density at radius 3 is 2.62 bits per heavy atom. The predicted molar refractivity (Wildman–Crippen MR) is 136 cm³/mol. The van der Waals surface area contributed by atoms with Crippen molar-refractivity contribution >= 4 is 23.2 Å². The van der Waals surface area contributed by atoms with Crippen molar-refractivity contribution in [3.05, 3.63) is 84.2 Å². The zero-order chi connectivity index (χ0) is 26.0. The van der Waals surface area contributed by atoms with E-state index in [9.17, 15) is 13.6 Å². The third kappa shape index (κ3) is 5.27. The van der Waals surface area contributed by atoms with Gasteiger partial charge in [-0.3, -0.25) is 4.79 Å². The zero-order valence-electron chi connectivity index (χ0n) is 19.8. The molecule has 37 heavy (non-hydrogen) atoms. The standard InChI is InChI=1S/C27H23ClF2N4O3/c1-36-20-11-9-17(10-12-20)13-14-37-26-32-24(21-7-2-3-8-22(21)29)34(33-26)19-6-4-5-18(15-19)31-25(35)27(28)16-23(27)30/h2-12,15,23H,13-14,16H2,1H3,(H,31,35)/t23-,27-/m1/s1. The summed E-state index contributed by atoms with van der Waals surface area (Å²) in [4.78, 5) is 15.3. The molecule has 1 aromatic heterocycles. The summed E-state index contributed by atoms with van der Waals surface area (Å²) in [6.45, 7) is 0.297. The van der Waals surface area contributed by atoms with Crippen LogP contribution in [0.3, 0.4) is 0 Å². The summed E-state index contributed by atoms with van der Waals surface area (Å²) >= 11 is 6.01. The van der Waals surface area contributed by atoms with Crippen molar-refractivity contribution in [2.75, 3.05) is 19.0 Å². The molecule has 7 nitrogen and oxygen atoms in total. The Labute approximate surface area is 217 Å². The number of anilines is 1. The van der Waals surface area contributed by atoms with E-state index in [4.69, 9.17) is 21.1 Å². The number of aromatic nitrogens is 3. The lowest BCUT2D eigenvalue weighted by molar-refractivity contribution is -0.116. The second-order valence-electron chi connectivity index (χ2n) is 8.59. The Hall–Kier alpha value is -3.98. The second-order valence-corrected chi connectivity index (χ2v) is 9.27. The van der Waals surface area contributed by atoms with Gasteiger partial charge in [0.1, 0.15) is 17.7 Å². The average Bonchev–Trinajstić information content (AvgIpc) is 3.32. The monoisotopic (exact) mass is 524 g/mol. The first kappa shape index (κ1) is 24.7. The number of rotatable bonds is 9. The molecule has 0 spiro atoms. The molecule has 2 atom stereocenters. The number of nitrogens with one attached hydrogen (secondary N) is 1. The molecule has 1 N–H and O–H groups in total. The first-order valence-corrected chi connectivity index (χ1v) is 12.0. The molecule has 0 saturated heterocycles. The fraction of sp³-hybridized carbons (Fsp3) is 0.222. The van der Waals surface area contributed by atoms with E-state index < -0.39 is 22.8 Å². The molecule has 4 aromatic rings. The minimum Gasteiger partial charge on any atom is -0.497 e. The number of ether oxygens (including phenoxy) is 2. The van der Waals surface area contributed by atoms with Crippen LogP contribution in [-0.2, 0) is 11.2 Å². The Balaban J connectivity index is 1.40. The van der Waals surface area contributed by atoms with Crippen molar-refractivity contribution in [3.8, 4) is 28.8 Å². The molecule has 190 valence electrons. The maximum atomic E-state index is 14.7. The van der Waals surface area contributed by atoms with E-state index in [0.29, 0.717) is 24.4 Å². The van der Waals surface area contributed by atoms with Gasteiger partial charge in [0.05, 0.1) is 25.0 Å². The Bertz CT molecular complexity index is 1430. The first-order valence-electron chi connectivity index (χ1n) is 11.6. The molecule has 1 saturated carbocycles. The molecule has 1 fully saturated rings. The van der Waals surface area contributed by atoms with Gasteiger partial charge in [0.15, 0.2) is 10.7 Å². The van der Waals surface area contributed by atoms with E-state index in [1.807, 2.05) is 24.3 Å². The van der Waals surface area contributed by atoms with Gasteiger partial charge < -0.3 is 14.8 Å². The Kier molecular flexibility index (Phi) is 6.80. The van der Waals surface area contributed by atoms with Gasteiger partial charge in [0, 0.05) is 18.5 Å². The first-order chi connectivity index (χ1) is 17.9. The van der Waals surface area contributed by atoms with E-state index in [-0.39, 0.29) is 23.8 Å². The summed E-state index contributed by atoms with van der Waals surface area (Å²) in [5.41, 5.74) is 2.15. The summed E-state index contributed by atoms with van der Waals surface area (Å²) in [5.74, 6) is -0.103. The molecule has 5 rings (SSSR count). The van der Waals surface area contributed by atoms with Crippen LogP contribution in [0.1, 0.15) is 12.0 Å². The van der Waals surface area contributed by atoms with E-state index in [1.165, 1.54) is 10.7 Å². The maximum absolute atomic E-state index is 14.7. The number of methoxy groups -OCH3 is 1. The van der Waals surface area contributed by atoms with Crippen molar-refractivity contribution < 1.29 is 23.0 Å². The topological polar surface area (TPSA) is 78.3 Å². The highest BCUT2D eigenvalue weighted by Gasteiger charge is 2.60. The van der Waals surface area contributed by atoms with Crippen molar-refractivity contribution in [2.45, 2.75) is 23.9 Å². The number of carbonyl (C=O) groups excluding carboxylic acids is 1. The summed E-state index contributed by atoms with van der Waals surface area (Å²) < 4.78 is 40.6. The van der Waals surface area contributed by atoms with Crippen molar-refractivity contribution in [2.24, 2.45) is 0 Å². The van der Waals surface area contributed by atoms with Crippen LogP contribution in [0.4, 0.5) is 14.5 Å². The number of alkyl halides is 2. The highest BCUT2D eigenvalue weighted by molar-refractivity contribution is 6.39. The van der Waals surface area contributed by atoms with Gasteiger partial charge in [0.25, 0.3) is 0 Å². The molecule has 1 aliphatic carbocycles. The largest absolute Gasteiger partial charge is 0.497 e. The van der Waals surface area contributed by atoms with Gasteiger partial charge in [-0.2, -0.15) is 4.98 Å². The number of amides is 1. The van der Waals surface area contributed by atoms with Gasteiger partial charge >= 0.3 is 6.01 Å². The van der Waals surface area contributed by atoms with Crippen LogP contribution in [0.5, 0.6) is 11.8 Å². The van der Waals surface area contributed by atoms with Crippen LogP contribution < -0.4 is 14.8 Å². The maximum Gasteiger partial charge on any atom is 0.336 e. The van der Waals surface area contributed by atoms with E-state index in [2.05, 4.69) is 15.4 Å². The van der Waals surface area contributed by atoms with Gasteiger partial charge in [-0.15, -0.1) is 16.7 Å². The lowest BCUT2D eigenvalue weighted by atomic mass is 10.1. The Morgan fingerprint density at radius 2 is 1.92 bits per heavy atom. The Morgan fingerprint density at radius 1 is 1.16 bits per heavy atom. The van der Waals surface area contributed by atoms with Gasteiger partial charge in [-0.25, -0.2) is 13.5 Å². The number of benzene rings is 3. The van der Waals surface area contributed by atoms with E-state index >= 15 is 0 Å². The molecule has 0 aliphatic heterocycles. The van der Waals surface area contributed by atoms with Crippen LogP contribution in [0, 0.1) is 5.82 Å². The number of halogens is 3. The predicted octanol–water partition coefficient (Wildman–Crippen LogP) is 5.36. The molecule has 0 radical (unpaired) electrons.